The highest BCUT2D eigenvalue weighted by Gasteiger charge is 2.35. The lowest BCUT2D eigenvalue weighted by atomic mass is 9.86. The number of nitrogens with zero attached hydrogens (tertiary/aromatic N) is 1. The van der Waals surface area contributed by atoms with Gasteiger partial charge in [-0.1, -0.05) is 30.3 Å². The first-order chi connectivity index (χ1) is 8.13. The largest absolute Gasteiger partial charge is 0.348 e. The van der Waals surface area contributed by atoms with E-state index in [1.54, 1.807) is 0 Å². The average Bonchev–Trinajstić information content (AvgIpc) is 2.40. The van der Waals surface area contributed by atoms with Crippen LogP contribution in [-0.2, 0) is 9.47 Å². The molecule has 0 N–H and O–H groups in total. The molecule has 0 amide bonds. The summed E-state index contributed by atoms with van der Waals surface area (Å²) in [6.07, 6.45) is 0.346. The molecule has 1 aliphatic rings. The molecule has 1 saturated heterocycles. The molecular weight excluding hydrogens is 214 g/mol. The summed E-state index contributed by atoms with van der Waals surface area (Å²) in [5.74, 6) is 0. The SMILES string of the molecule is CC(C)(C#N)[C@@H]1CCOC(c2ccccc2)O1. The number of benzene rings is 1. The summed E-state index contributed by atoms with van der Waals surface area (Å²) in [7, 11) is 0. The van der Waals surface area contributed by atoms with Crippen LogP contribution < -0.4 is 0 Å². The Labute approximate surface area is 102 Å². The molecule has 0 saturated carbocycles. The molecule has 3 heteroatoms. The maximum Gasteiger partial charge on any atom is 0.184 e. The van der Waals surface area contributed by atoms with Crippen molar-refractivity contribution in [3.8, 4) is 6.07 Å². The average molecular weight is 231 g/mol. The summed E-state index contributed by atoms with van der Waals surface area (Å²) in [5.41, 5.74) is 0.530. The van der Waals surface area contributed by atoms with Crippen LogP contribution in [0.3, 0.4) is 0 Å². The van der Waals surface area contributed by atoms with Crippen molar-refractivity contribution in [1.82, 2.24) is 0 Å². The molecule has 2 rings (SSSR count). The number of ether oxygens (including phenoxy) is 2. The third-order valence-corrected chi connectivity index (χ3v) is 3.10. The van der Waals surface area contributed by atoms with Gasteiger partial charge in [-0.3, -0.25) is 0 Å². The molecular formula is C14H17NO2. The highest BCUT2D eigenvalue weighted by Crippen LogP contribution is 2.34. The van der Waals surface area contributed by atoms with Crippen molar-refractivity contribution in [1.29, 1.82) is 5.26 Å². The van der Waals surface area contributed by atoms with Crippen LogP contribution in [0.15, 0.2) is 30.3 Å². The Bertz CT molecular complexity index is 408. The minimum Gasteiger partial charge on any atom is -0.348 e. The molecule has 1 aromatic rings. The fourth-order valence-electron chi connectivity index (χ4n) is 1.93. The van der Waals surface area contributed by atoms with Crippen LogP contribution >= 0.6 is 0 Å². The summed E-state index contributed by atoms with van der Waals surface area (Å²) in [5, 5.41) is 9.13. The number of rotatable bonds is 2. The Morgan fingerprint density at radius 3 is 2.65 bits per heavy atom. The molecule has 1 aromatic carbocycles. The first-order valence-corrected chi connectivity index (χ1v) is 5.87. The van der Waals surface area contributed by atoms with Gasteiger partial charge in [0.2, 0.25) is 0 Å². The van der Waals surface area contributed by atoms with E-state index in [0.29, 0.717) is 6.61 Å². The van der Waals surface area contributed by atoms with Gasteiger partial charge in [0.15, 0.2) is 6.29 Å². The summed E-state index contributed by atoms with van der Waals surface area (Å²) >= 11 is 0. The zero-order chi connectivity index (χ0) is 12.3. The van der Waals surface area contributed by atoms with Crippen LogP contribution in [0.2, 0.25) is 0 Å². The van der Waals surface area contributed by atoms with Crippen molar-refractivity contribution in [3.05, 3.63) is 35.9 Å². The first kappa shape index (κ1) is 12.1. The summed E-state index contributed by atoms with van der Waals surface area (Å²) in [6, 6.07) is 12.1. The second-order valence-corrected chi connectivity index (χ2v) is 4.86. The molecule has 0 radical (unpaired) electrons. The highest BCUT2D eigenvalue weighted by molar-refractivity contribution is 5.16. The standard InChI is InChI=1S/C14H17NO2/c1-14(2,10-15)12-8-9-16-13(17-12)11-6-4-3-5-7-11/h3-7,12-13H,8-9H2,1-2H3/t12-,13?/m0/s1. The third kappa shape index (κ3) is 2.66. The van der Waals surface area contributed by atoms with Gasteiger partial charge in [0.1, 0.15) is 0 Å². The van der Waals surface area contributed by atoms with Crippen molar-refractivity contribution >= 4 is 0 Å². The van der Waals surface area contributed by atoms with Gasteiger partial charge in [-0.05, 0) is 20.3 Å². The molecule has 1 heterocycles. The molecule has 90 valence electrons. The van der Waals surface area contributed by atoms with Crippen LogP contribution in [-0.4, -0.2) is 12.7 Å². The lowest BCUT2D eigenvalue weighted by Gasteiger charge is -2.36. The van der Waals surface area contributed by atoms with Gasteiger partial charge in [-0.25, -0.2) is 0 Å². The van der Waals surface area contributed by atoms with E-state index in [2.05, 4.69) is 6.07 Å². The van der Waals surface area contributed by atoms with E-state index in [0.717, 1.165) is 12.0 Å². The smallest absolute Gasteiger partial charge is 0.184 e. The topological polar surface area (TPSA) is 42.2 Å². The molecule has 0 aliphatic carbocycles. The second kappa shape index (κ2) is 4.87. The Balaban J connectivity index is 2.11. The highest BCUT2D eigenvalue weighted by atomic mass is 16.7. The summed E-state index contributed by atoms with van der Waals surface area (Å²) < 4.78 is 11.5. The zero-order valence-corrected chi connectivity index (χ0v) is 10.2. The number of nitriles is 1. The van der Waals surface area contributed by atoms with Gasteiger partial charge in [-0.2, -0.15) is 5.26 Å². The van der Waals surface area contributed by atoms with Crippen LogP contribution in [0, 0.1) is 16.7 Å². The predicted octanol–water partition coefficient (Wildman–Crippen LogP) is 3.04. The zero-order valence-electron chi connectivity index (χ0n) is 10.2. The van der Waals surface area contributed by atoms with Crippen molar-refractivity contribution < 1.29 is 9.47 Å². The fraction of sp³-hybridized carbons (Fsp3) is 0.500. The van der Waals surface area contributed by atoms with E-state index in [-0.39, 0.29) is 12.4 Å². The molecule has 0 bridgehead atoms. The first-order valence-electron chi connectivity index (χ1n) is 5.87. The van der Waals surface area contributed by atoms with E-state index in [4.69, 9.17) is 14.7 Å². The molecule has 0 spiro atoms. The molecule has 1 aliphatic heterocycles. The van der Waals surface area contributed by atoms with E-state index in [1.165, 1.54) is 0 Å². The quantitative estimate of drug-likeness (QED) is 0.785. The van der Waals surface area contributed by atoms with Crippen LogP contribution in [0.1, 0.15) is 32.1 Å². The monoisotopic (exact) mass is 231 g/mol. The van der Waals surface area contributed by atoms with Gasteiger partial charge < -0.3 is 9.47 Å². The maximum absolute atomic E-state index is 9.13. The van der Waals surface area contributed by atoms with Gasteiger partial charge in [0.05, 0.1) is 24.2 Å². The Morgan fingerprint density at radius 1 is 1.29 bits per heavy atom. The van der Waals surface area contributed by atoms with Gasteiger partial charge in [-0.15, -0.1) is 0 Å². The van der Waals surface area contributed by atoms with Gasteiger partial charge >= 0.3 is 0 Å². The van der Waals surface area contributed by atoms with Crippen molar-refractivity contribution in [2.75, 3.05) is 6.61 Å². The van der Waals surface area contributed by atoms with E-state index in [1.807, 2.05) is 44.2 Å². The Hall–Kier alpha value is -1.37. The van der Waals surface area contributed by atoms with E-state index in [9.17, 15) is 0 Å². The maximum atomic E-state index is 9.13. The van der Waals surface area contributed by atoms with Gasteiger partial charge in [0.25, 0.3) is 0 Å². The lowest BCUT2D eigenvalue weighted by Crippen LogP contribution is -2.37. The van der Waals surface area contributed by atoms with E-state index >= 15 is 0 Å². The number of hydrogen-bond donors (Lipinski definition) is 0. The normalized spacial score (nSPS) is 25.2. The van der Waals surface area contributed by atoms with E-state index < -0.39 is 5.41 Å². The summed E-state index contributed by atoms with van der Waals surface area (Å²) in [4.78, 5) is 0. The van der Waals surface area contributed by atoms with Gasteiger partial charge in [0, 0.05) is 5.56 Å². The molecule has 17 heavy (non-hydrogen) atoms. The number of hydrogen-bond acceptors (Lipinski definition) is 3. The Kier molecular flexibility index (Phi) is 3.46. The van der Waals surface area contributed by atoms with Crippen molar-refractivity contribution in [3.63, 3.8) is 0 Å². The van der Waals surface area contributed by atoms with Crippen molar-refractivity contribution in [2.24, 2.45) is 5.41 Å². The van der Waals surface area contributed by atoms with Crippen molar-refractivity contribution in [2.45, 2.75) is 32.7 Å². The molecule has 1 unspecified atom stereocenters. The predicted molar refractivity (Wildman–Crippen MR) is 64.0 cm³/mol. The van der Waals surface area contributed by atoms with Crippen LogP contribution in [0.5, 0.6) is 0 Å². The van der Waals surface area contributed by atoms with Crippen LogP contribution in [0.4, 0.5) is 0 Å². The molecule has 0 aromatic heterocycles. The second-order valence-electron chi connectivity index (χ2n) is 4.86. The molecule has 1 fully saturated rings. The fourth-order valence-corrected chi connectivity index (χ4v) is 1.93. The molecule has 3 nitrogen and oxygen atoms in total. The third-order valence-electron chi connectivity index (χ3n) is 3.10. The minimum absolute atomic E-state index is 0.0774. The Morgan fingerprint density at radius 2 is 2.00 bits per heavy atom. The minimum atomic E-state index is -0.475. The molecule has 2 atom stereocenters. The summed E-state index contributed by atoms with van der Waals surface area (Å²) in [6.45, 7) is 4.45. The van der Waals surface area contributed by atoms with Crippen LogP contribution in [0.25, 0.3) is 0 Å². The lowest BCUT2D eigenvalue weighted by molar-refractivity contribution is -0.234.